The van der Waals surface area contributed by atoms with Gasteiger partial charge in [0.1, 0.15) is 4.90 Å². The van der Waals surface area contributed by atoms with Crippen LogP contribution in [0.2, 0.25) is 0 Å². The van der Waals surface area contributed by atoms with Gasteiger partial charge in [-0.05, 0) is 55.6 Å². The highest BCUT2D eigenvalue weighted by Gasteiger charge is 2.19. The number of hydrogen-bond donors (Lipinski definition) is 2. The first-order valence-corrected chi connectivity index (χ1v) is 12.6. The summed E-state index contributed by atoms with van der Waals surface area (Å²) in [5.74, 6) is 0.374. The molecular formula is C26H27N3O4S. The fourth-order valence-electron chi connectivity index (χ4n) is 3.87. The first-order valence-electron chi connectivity index (χ1n) is 10.7. The van der Waals surface area contributed by atoms with Crippen LogP contribution in [0.1, 0.15) is 5.56 Å². The van der Waals surface area contributed by atoms with Crippen LogP contribution >= 0.6 is 0 Å². The molecule has 7 nitrogen and oxygen atoms in total. The molecule has 0 aliphatic heterocycles. The number of aromatic nitrogens is 1. The van der Waals surface area contributed by atoms with Gasteiger partial charge in [-0.1, -0.05) is 30.3 Å². The van der Waals surface area contributed by atoms with E-state index in [4.69, 9.17) is 4.74 Å². The lowest BCUT2D eigenvalue weighted by atomic mass is 10.0. The van der Waals surface area contributed by atoms with Crippen LogP contribution in [0.5, 0.6) is 11.5 Å². The van der Waals surface area contributed by atoms with Crippen molar-refractivity contribution in [3.63, 3.8) is 0 Å². The summed E-state index contributed by atoms with van der Waals surface area (Å²) >= 11 is 0. The topological polar surface area (TPSA) is 91.8 Å². The SMILES string of the molecule is COc1cccc(-c2ccc3ncc(S(C)(=O)=O)c(Nc4ccc(CN(C)C)cc4)c3c2)c1O. The van der Waals surface area contributed by atoms with Crippen molar-refractivity contribution in [3.05, 3.63) is 72.4 Å². The van der Waals surface area contributed by atoms with Gasteiger partial charge in [0.2, 0.25) is 0 Å². The minimum atomic E-state index is -3.57. The van der Waals surface area contributed by atoms with E-state index in [0.717, 1.165) is 17.8 Å². The Hall–Kier alpha value is -3.62. The molecule has 176 valence electrons. The van der Waals surface area contributed by atoms with Crippen LogP contribution in [0, 0.1) is 0 Å². The van der Waals surface area contributed by atoms with Gasteiger partial charge in [0.25, 0.3) is 0 Å². The molecule has 0 fully saturated rings. The molecule has 4 aromatic rings. The standard InChI is InChI=1S/C26H27N3O4S/c1-29(2)16-17-8-11-19(12-9-17)28-25-21-14-18(20-6-5-7-23(33-3)26(20)30)10-13-22(21)27-15-24(25)34(4,31)32/h5-15,30H,16H2,1-4H3,(H,27,28). The Labute approximate surface area is 199 Å². The third-order valence-corrected chi connectivity index (χ3v) is 6.59. The Bertz CT molecular complexity index is 1450. The summed E-state index contributed by atoms with van der Waals surface area (Å²) in [6.07, 6.45) is 2.54. The lowest BCUT2D eigenvalue weighted by Gasteiger charge is -2.16. The van der Waals surface area contributed by atoms with Gasteiger partial charge < -0.3 is 20.1 Å². The molecule has 0 aliphatic carbocycles. The van der Waals surface area contributed by atoms with Crippen LogP contribution in [-0.2, 0) is 16.4 Å². The van der Waals surface area contributed by atoms with Crippen molar-refractivity contribution in [2.75, 3.05) is 32.8 Å². The van der Waals surface area contributed by atoms with Crippen LogP contribution in [-0.4, -0.2) is 50.9 Å². The molecule has 2 N–H and O–H groups in total. The normalized spacial score (nSPS) is 11.7. The van der Waals surface area contributed by atoms with E-state index in [9.17, 15) is 13.5 Å². The number of phenols is 1. The summed E-state index contributed by atoms with van der Waals surface area (Å²) in [6.45, 7) is 0.806. The Balaban J connectivity index is 1.87. The summed E-state index contributed by atoms with van der Waals surface area (Å²) in [5.41, 5.74) is 4.26. The van der Waals surface area contributed by atoms with E-state index in [0.29, 0.717) is 33.5 Å². The number of phenolic OH excluding ortho intramolecular Hbond substituents is 1. The molecule has 0 atom stereocenters. The number of ether oxygens (including phenoxy) is 1. The van der Waals surface area contributed by atoms with Crippen molar-refractivity contribution in [2.45, 2.75) is 11.4 Å². The zero-order valence-corrected chi connectivity index (χ0v) is 20.3. The smallest absolute Gasteiger partial charge is 0.179 e. The van der Waals surface area contributed by atoms with Gasteiger partial charge in [0.05, 0.1) is 18.3 Å². The predicted molar refractivity (Wildman–Crippen MR) is 136 cm³/mol. The van der Waals surface area contributed by atoms with E-state index >= 15 is 0 Å². The summed E-state index contributed by atoms with van der Waals surface area (Å²) < 4.78 is 30.5. The average molecular weight is 478 g/mol. The van der Waals surface area contributed by atoms with Gasteiger partial charge in [-0.25, -0.2) is 8.42 Å². The van der Waals surface area contributed by atoms with E-state index < -0.39 is 9.84 Å². The van der Waals surface area contributed by atoms with Crippen LogP contribution < -0.4 is 10.1 Å². The molecule has 0 radical (unpaired) electrons. The molecule has 0 saturated heterocycles. The number of methoxy groups -OCH3 is 1. The number of sulfone groups is 1. The second-order valence-electron chi connectivity index (χ2n) is 8.42. The fourth-order valence-corrected chi connectivity index (χ4v) is 4.65. The molecule has 0 unspecified atom stereocenters. The number of nitrogens with one attached hydrogen (secondary N) is 1. The van der Waals surface area contributed by atoms with Gasteiger partial charge in [0, 0.05) is 35.6 Å². The van der Waals surface area contributed by atoms with Gasteiger partial charge in [-0.2, -0.15) is 0 Å². The lowest BCUT2D eigenvalue weighted by Crippen LogP contribution is -2.10. The number of pyridine rings is 1. The van der Waals surface area contributed by atoms with Crippen molar-refractivity contribution >= 4 is 32.1 Å². The summed E-state index contributed by atoms with van der Waals surface area (Å²) in [7, 11) is 1.94. The van der Waals surface area contributed by atoms with E-state index in [-0.39, 0.29) is 10.6 Å². The number of hydrogen-bond acceptors (Lipinski definition) is 7. The second-order valence-corrected chi connectivity index (χ2v) is 10.4. The number of fused-ring (bicyclic) bond motifs is 1. The highest BCUT2D eigenvalue weighted by molar-refractivity contribution is 7.90. The number of rotatable bonds is 7. The zero-order valence-electron chi connectivity index (χ0n) is 19.5. The average Bonchev–Trinajstić information content (AvgIpc) is 2.79. The summed E-state index contributed by atoms with van der Waals surface area (Å²) in [4.78, 5) is 6.56. The van der Waals surface area contributed by atoms with E-state index in [1.165, 1.54) is 19.6 Å². The second kappa shape index (κ2) is 9.32. The van der Waals surface area contributed by atoms with Gasteiger partial charge in [0.15, 0.2) is 21.3 Å². The Morgan fingerprint density at radius 2 is 1.79 bits per heavy atom. The predicted octanol–water partition coefficient (Wildman–Crippen LogP) is 4.82. The molecule has 8 heteroatoms. The van der Waals surface area contributed by atoms with Crippen LogP contribution in [0.4, 0.5) is 11.4 Å². The maximum absolute atomic E-state index is 12.6. The number of nitrogens with zero attached hydrogens (tertiary/aromatic N) is 2. The Morgan fingerprint density at radius 3 is 2.44 bits per heavy atom. The molecular weight excluding hydrogens is 450 g/mol. The van der Waals surface area contributed by atoms with Crippen LogP contribution in [0.15, 0.2) is 71.8 Å². The van der Waals surface area contributed by atoms with Gasteiger partial charge in [-0.3, -0.25) is 4.98 Å². The number of para-hydroxylation sites is 1. The zero-order chi connectivity index (χ0) is 24.5. The van der Waals surface area contributed by atoms with Crippen molar-refractivity contribution < 1.29 is 18.3 Å². The minimum Gasteiger partial charge on any atom is -0.504 e. The summed E-state index contributed by atoms with van der Waals surface area (Å²) in [6, 6.07) is 18.6. The van der Waals surface area contributed by atoms with E-state index in [1.54, 1.807) is 24.3 Å². The highest BCUT2D eigenvalue weighted by Crippen LogP contribution is 2.40. The first kappa shape index (κ1) is 23.5. The first-order chi connectivity index (χ1) is 16.2. The summed E-state index contributed by atoms with van der Waals surface area (Å²) in [5, 5.41) is 14.6. The van der Waals surface area contributed by atoms with Gasteiger partial charge >= 0.3 is 0 Å². The molecule has 1 aromatic heterocycles. The Kier molecular flexibility index (Phi) is 6.45. The van der Waals surface area contributed by atoms with Crippen molar-refractivity contribution in [1.82, 2.24) is 9.88 Å². The Morgan fingerprint density at radius 1 is 1.06 bits per heavy atom. The van der Waals surface area contributed by atoms with Crippen LogP contribution in [0.25, 0.3) is 22.0 Å². The maximum atomic E-state index is 12.6. The van der Waals surface area contributed by atoms with Crippen molar-refractivity contribution in [1.29, 1.82) is 0 Å². The number of aromatic hydroxyl groups is 1. The van der Waals surface area contributed by atoms with Gasteiger partial charge in [-0.15, -0.1) is 0 Å². The molecule has 4 rings (SSSR count). The fraction of sp³-hybridized carbons (Fsp3) is 0.192. The highest BCUT2D eigenvalue weighted by atomic mass is 32.2. The van der Waals surface area contributed by atoms with E-state index in [1.807, 2.05) is 50.5 Å². The molecule has 0 aliphatic rings. The molecule has 1 heterocycles. The van der Waals surface area contributed by atoms with E-state index in [2.05, 4.69) is 15.2 Å². The third-order valence-electron chi connectivity index (χ3n) is 5.48. The third kappa shape index (κ3) is 4.83. The molecule has 0 saturated carbocycles. The quantitative estimate of drug-likeness (QED) is 0.394. The largest absolute Gasteiger partial charge is 0.504 e. The number of anilines is 2. The minimum absolute atomic E-state index is 0.0163. The number of benzene rings is 3. The lowest BCUT2D eigenvalue weighted by molar-refractivity contribution is 0.374. The van der Waals surface area contributed by atoms with Crippen LogP contribution in [0.3, 0.4) is 0 Å². The molecule has 0 amide bonds. The maximum Gasteiger partial charge on any atom is 0.179 e. The molecule has 0 spiro atoms. The molecule has 0 bridgehead atoms. The van der Waals surface area contributed by atoms with Crippen molar-refractivity contribution in [3.8, 4) is 22.6 Å². The van der Waals surface area contributed by atoms with Crippen molar-refractivity contribution in [2.24, 2.45) is 0 Å². The molecule has 3 aromatic carbocycles. The monoisotopic (exact) mass is 477 g/mol. The molecule has 34 heavy (non-hydrogen) atoms.